The number of nitrogens with zero attached hydrogens (tertiary/aromatic N) is 2. The van der Waals surface area contributed by atoms with Gasteiger partial charge in [0.15, 0.2) is 0 Å². The first-order valence-corrected chi connectivity index (χ1v) is 18.5. The van der Waals surface area contributed by atoms with Gasteiger partial charge in [0.2, 0.25) is 23.6 Å². The van der Waals surface area contributed by atoms with Crippen LogP contribution < -0.4 is 21.3 Å². The summed E-state index contributed by atoms with van der Waals surface area (Å²) in [6.45, 7) is 11.6. The molecular weight excluding hydrogens is 704 g/mol. The van der Waals surface area contributed by atoms with Gasteiger partial charge in [-0.1, -0.05) is 82.3 Å². The second-order valence-electron chi connectivity index (χ2n) is 16.2. The highest BCUT2D eigenvalue weighted by Crippen LogP contribution is 2.65. The number of alkyl halides is 3. The van der Waals surface area contributed by atoms with Crippen LogP contribution in [0.4, 0.5) is 13.2 Å². The maximum Gasteiger partial charge on any atom is 0.478 e. The molecule has 2 aliphatic heterocycles. The van der Waals surface area contributed by atoms with E-state index in [9.17, 15) is 32.3 Å². The van der Waals surface area contributed by atoms with Gasteiger partial charge in [-0.25, -0.2) is 0 Å². The van der Waals surface area contributed by atoms with Crippen molar-refractivity contribution in [2.45, 2.75) is 109 Å². The summed E-state index contributed by atoms with van der Waals surface area (Å²) < 4.78 is 53.2. The smallest absolute Gasteiger partial charge is 0.404 e. The fraction of sp³-hybridized carbons (Fsp3) is 0.579. The largest absolute Gasteiger partial charge is 0.478 e. The number of carbonyl (C=O) groups excluding carboxylic acids is 4. The van der Waals surface area contributed by atoms with Crippen LogP contribution in [-0.2, 0) is 47.0 Å². The Balaban J connectivity index is 1.05. The molecule has 0 unspecified atom stereocenters. The average Bonchev–Trinajstić information content (AvgIpc) is 3.86. The first-order valence-electron chi connectivity index (χ1n) is 18.5. The minimum absolute atomic E-state index is 0.0351. The molecule has 0 spiro atoms. The van der Waals surface area contributed by atoms with Crippen molar-refractivity contribution in [3.05, 3.63) is 71.3 Å². The molecule has 12 nitrogen and oxygen atoms in total. The van der Waals surface area contributed by atoms with Crippen LogP contribution in [0.15, 0.2) is 64.8 Å². The SMILES string of the molecule is CC(C)[C@H](NC(=O)Cc1cccc(C2(C(F)(F)F)N=N2)c1)C(=O)N[C@@H](Cc1ccccc1)C(=O)N[C@@H](C)C(=O)NCB1O[C@@H]2C[C@@H]3C[C@@H](C3(C)C)[C@]2(C)O1. The van der Waals surface area contributed by atoms with Crippen LogP contribution in [0.1, 0.15) is 71.1 Å². The normalized spacial score (nSPS) is 26.1. The lowest BCUT2D eigenvalue weighted by atomic mass is 9.43. The molecule has 7 atom stereocenters. The first-order chi connectivity index (χ1) is 25.3. The van der Waals surface area contributed by atoms with Crippen molar-refractivity contribution in [3.8, 4) is 0 Å². The fourth-order valence-corrected chi connectivity index (χ4v) is 8.36. The lowest BCUT2D eigenvalue weighted by Crippen LogP contribution is -2.65. The molecule has 0 aromatic heterocycles. The van der Waals surface area contributed by atoms with Gasteiger partial charge < -0.3 is 30.6 Å². The number of hydrogen-bond donors (Lipinski definition) is 4. The number of hydrogen-bond acceptors (Lipinski definition) is 8. The zero-order valence-corrected chi connectivity index (χ0v) is 31.3. The number of carbonyl (C=O) groups is 4. The number of nitrogens with one attached hydrogen (secondary N) is 4. The summed E-state index contributed by atoms with van der Waals surface area (Å²) in [7, 11) is -0.611. The van der Waals surface area contributed by atoms with Gasteiger partial charge in [-0.15, -0.1) is 10.2 Å². The van der Waals surface area contributed by atoms with Gasteiger partial charge in [-0.2, -0.15) is 13.2 Å². The van der Waals surface area contributed by atoms with Gasteiger partial charge in [0, 0.05) is 12.0 Å². The molecule has 16 heteroatoms. The van der Waals surface area contributed by atoms with E-state index in [1.807, 2.05) is 6.07 Å². The molecule has 2 aromatic carbocycles. The van der Waals surface area contributed by atoms with E-state index in [0.29, 0.717) is 11.8 Å². The standard InChI is InChI=1S/C38H48BF3N6O6/c1-21(2)31(46-30(49)17-24-13-10-14-25(15-24)37(47-48-37)38(40,41)42)34(52)45-27(16-23-11-8-7-9-12-23)33(51)44-22(3)32(50)43-20-39-53-29-19-26-18-28(35(26,4)5)36(29,6)54-39/h7-15,21-22,26-29,31H,16-20H2,1-6H3,(H,43,50)(H,44,51)(H,45,52)(H,46,49)/t22-,26-,27-,28-,29+,31-,36-/m0/s1. The second-order valence-corrected chi connectivity index (χ2v) is 16.2. The van der Waals surface area contributed by atoms with Crippen molar-refractivity contribution in [1.29, 1.82) is 0 Å². The molecule has 2 bridgehead atoms. The molecule has 290 valence electrons. The Bertz CT molecular complexity index is 1790. The lowest BCUT2D eigenvalue weighted by molar-refractivity contribution is -0.199. The average molecular weight is 753 g/mol. The molecule has 4 N–H and O–H groups in total. The Hall–Kier alpha value is -4.31. The van der Waals surface area contributed by atoms with E-state index < -0.39 is 72.2 Å². The summed E-state index contributed by atoms with van der Waals surface area (Å²) in [6, 6.07) is 11.2. The molecule has 5 aliphatic rings. The quantitative estimate of drug-likeness (QED) is 0.212. The Labute approximate surface area is 313 Å². The fourth-order valence-electron chi connectivity index (χ4n) is 8.36. The predicted molar refractivity (Wildman–Crippen MR) is 192 cm³/mol. The summed E-state index contributed by atoms with van der Waals surface area (Å²) in [5, 5.41) is 17.4. The van der Waals surface area contributed by atoms with Crippen molar-refractivity contribution in [3.63, 3.8) is 0 Å². The Morgan fingerprint density at radius 1 is 0.889 bits per heavy atom. The van der Waals surface area contributed by atoms with Crippen LogP contribution in [0.2, 0.25) is 0 Å². The van der Waals surface area contributed by atoms with Crippen molar-refractivity contribution < 1.29 is 41.7 Å². The highest BCUT2D eigenvalue weighted by Gasteiger charge is 2.68. The predicted octanol–water partition coefficient (Wildman–Crippen LogP) is 4.17. The topological polar surface area (TPSA) is 160 Å². The highest BCUT2D eigenvalue weighted by molar-refractivity contribution is 6.46. The van der Waals surface area contributed by atoms with Crippen LogP contribution >= 0.6 is 0 Å². The molecule has 3 aliphatic carbocycles. The number of rotatable bonds is 14. The number of amides is 4. The minimum Gasteiger partial charge on any atom is -0.404 e. The Kier molecular flexibility index (Phi) is 10.8. The lowest BCUT2D eigenvalue weighted by Gasteiger charge is -2.64. The zero-order valence-electron chi connectivity index (χ0n) is 31.3. The summed E-state index contributed by atoms with van der Waals surface area (Å²) >= 11 is 0. The van der Waals surface area contributed by atoms with Gasteiger partial charge in [0.05, 0.1) is 24.6 Å². The molecule has 2 heterocycles. The van der Waals surface area contributed by atoms with Crippen LogP contribution in [0.3, 0.4) is 0 Å². The van der Waals surface area contributed by atoms with Crippen molar-refractivity contribution in [2.24, 2.45) is 33.4 Å². The van der Waals surface area contributed by atoms with E-state index in [2.05, 4.69) is 52.3 Å². The minimum atomic E-state index is -4.71. The Morgan fingerprint density at radius 3 is 2.20 bits per heavy atom. The number of benzene rings is 2. The van der Waals surface area contributed by atoms with E-state index in [4.69, 9.17) is 9.31 Å². The summed E-state index contributed by atoms with van der Waals surface area (Å²) in [5.74, 6) is -1.77. The van der Waals surface area contributed by atoms with Gasteiger partial charge in [-0.3, -0.25) is 19.2 Å². The second kappa shape index (κ2) is 14.7. The third kappa shape index (κ3) is 7.77. The zero-order chi connectivity index (χ0) is 39.2. The van der Waals surface area contributed by atoms with E-state index in [0.717, 1.165) is 18.4 Å². The summed E-state index contributed by atoms with van der Waals surface area (Å²) in [4.78, 5) is 53.7. The summed E-state index contributed by atoms with van der Waals surface area (Å²) in [5.41, 5.74) is -2.04. The van der Waals surface area contributed by atoms with Gasteiger partial charge in [-0.05, 0) is 61.0 Å². The van der Waals surface area contributed by atoms with Crippen LogP contribution in [0.25, 0.3) is 0 Å². The van der Waals surface area contributed by atoms with E-state index in [1.165, 1.54) is 31.2 Å². The van der Waals surface area contributed by atoms with Gasteiger partial charge >= 0.3 is 19.0 Å². The van der Waals surface area contributed by atoms with E-state index >= 15 is 0 Å². The molecule has 4 amide bonds. The molecule has 3 saturated carbocycles. The van der Waals surface area contributed by atoms with E-state index in [1.54, 1.807) is 38.1 Å². The molecule has 0 radical (unpaired) electrons. The van der Waals surface area contributed by atoms with Gasteiger partial charge in [0.25, 0.3) is 0 Å². The third-order valence-corrected chi connectivity index (χ3v) is 11.8. The summed E-state index contributed by atoms with van der Waals surface area (Å²) in [6.07, 6.45) is -2.83. The van der Waals surface area contributed by atoms with E-state index in [-0.39, 0.29) is 41.9 Å². The maximum absolute atomic E-state index is 13.7. The van der Waals surface area contributed by atoms with Gasteiger partial charge in [0.1, 0.15) is 18.1 Å². The third-order valence-electron chi connectivity index (χ3n) is 11.8. The molecule has 1 saturated heterocycles. The maximum atomic E-state index is 13.7. The van der Waals surface area contributed by atoms with Crippen molar-refractivity contribution in [2.75, 3.05) is 6.44 Å². The molecule has 4 fully saturated rings. The van der Waals surface area contributed by atoms with Crippen molar-refractivity contribution >= 4 is 30.7 Å². The first kappa shape index (κ1) is 39.4. The van der Waals surface area contributed by atoms with Crippen LogP contribution in [0, 0.1) is 23.2 Å². The molecule has 54 heavy (non-hydrogen) atoms. The molecule has 7 rings (SSSR count). The van der Waals surface area contributed by atoms with Crippen LogP contribution in [-0.4, -0.2) is 73.2 Å². The Morgan fingerprint density at radius 2 is 1.57 bits per heavy atom. The number of halogens is 3. The molecule has 2 aromatic rings. The highest BCUT2D eigenvalue weighted by atomic mass is 19.4. The molecular formula is C38H48BF3N6O6. The van der Waals surface area contributed by atoms with Crippen LogP contribution in [0.5, 0.6) is 0 Å². The monoisotopic (exact) mass is 752 g/mol. The van der Waals surface area contributed by atoms with Crippen molar-refractivity contribution in [1.82, 2.24) is 21.3 Å².